The van der Waals surface area contributed by atoms with Gasteiger partial charge in [0, 0.05) is 16.8 Å². The minimum Gasteiger partial charge on any atom is -0.454 e. The third kappa shape index (κ3) is 3.64. The number of ether oxygens (including phenoxy) is 2. The van der Waals surface area contributed by atoms with Crippen LogP contribution in [-0.4, -0.2) is 38.2 Å². The highest BCUT2D eigenvalue weighted by Gasteiger charge is 2.16. The Kier molecular flexibility index (Phi) is 4.89. The lowest BCUT2D eigenvalue weighted by atomic mass is 10.3. The Morgan fingerprint density at radius 2 is 1.97 bits per heavy atom. The van der Waals surface area contributed by atoms with Crippen molar-refractivity contribution in [1.82, 2.24) is 19.7 Å². The molecule has 1 N–H and O–H groups in total. The molecular formula is C20H14ClN5O3S. The number of nitrogens with one attached hydrogen (secondary N) is 1. The Balaban J connectivity index is 1.31. The van der Waals surface area contributed by atoms with E-state index in [4.69, 9.17) is 21.1 Å². The van der Waals surface area contributed by atoms with Crippen molar-refractivity contribution in [2.24, 2.45) is 0 Å². The van der Waals surface area contributed by atoms with Gasteiger partial charge in [-0.3, -0.25) is 4.79 Å². The van der Waals surface area contributed by atoms with Crippen molar-refractivity contribution in [3.8, 4) is 17.2 Å². The third-order valence-corrected chi connectivity index (χ3v) is 5.65. The number of fused-ring (bicyclic) bond motifs is 2. The van der Waals surface area contributed by atoms with E-state index in [1.807, 2.05) is 12.1 Å². The fourth-order valence-corrected chi connectivity index (χ4v) is 3.90. The summed E-state index contributed by atoms with van der Waals surface area (Å²) in [4.78, 5) is 21.1. The second kappa shape index (κ2) is 7.85. The molecule has 0 spiro atoms. The number of aromatic nitrogens is 4. The molecule has 0 aliphatic carbocycles. The normalized spacial score (nSPS) is 12.3. The van der Waals surface area contributed by atoms with E-state index in [-0.39, 0.29) is 18.5 Å². The van der Waals surface area contributed by atoms with Gasteiger partial charge in [-0.1, -0.05) is 23.4 Å². The molecule has 0 fully saturated rings. The van der Waals surface area contributed by atoms with Crippen LogP contribution in [0.25, 0.3) is 16.7 Å². The number of carbonyl (C=O) groups is 1. The lowest BCUT2D eigenvalue weighted by Gasteiger charge is -2.07. The number of anilines is 1. The molecule has 1 aliphatic heterocycles. The van der Waals surface area contributed by atoms with Gasteiger partial charge in [0.1, 0.15) is 11.4 Å². The van der Waals surface area contributed by atoms with Crippen molar-refractivity contribution in [3.63, 3.8) is 0 Å². The maximum Gasteiger partial charge on any atom is 0.234 e. The molecule has 0 saturated carbocycles. The van der Waals surface area contributed by atoms with Crippen molar-refractivity contribution in [1.29, 1.82) is 0 Å². The molecule has 0 unspecified atom stereocenters. The molecule has 2 aromatic carbocycles. The Labute approximate surface area is 180 Å². The maximum atomic E-state index is 12.4. The summed E-state index contributed by atoms with van der Waals surface area (Å²) >= 11 is 7.28. The first kappa shape index (κ1) is 18.7. The second-order valence-electron chi connectivity index (χ2n) is 6.35. The quantitative estimate of drug-likeness (QED) is 0.372. The fraction of sp³-hybridized carbons (Fsp3) is 0.100. The van der Waals surface area contributed by atoms with Gasteiger partial charge >= 0.3 is 0 Å². The molecule has 150 valence electrons. The van der Waals surface area contributed by atoms with E-state index in [9.17, 15) is 4.79 Å². The van der Waals surface area contributed by atoms with Gasteiger partial charge in [-0.05, 0) is 36.4 Å². The SMILES string of the molecule is O=C(CSc1ncnc2c1cnn2-c1ccc(Cl)cc1)Nc1ccc2c(c1)OCO2. The predicted molar refractivity (Wildman–Crippen MR) is 114 cm³/mol. The first-order valence-electron chi connectivity index (χ1n) is 8.94. The summed E-state index contributed by atoms with van der Waals surface area (Å²) in [6.45, 7) is 0.190. The van der Waals surface area contributed by atoms with E-state index in [2.05, 4.69) is 20.4 Å². The molecule has 0 atom stereocenters. The van der Waals surface area contributed by atoms with Crippen LogP contribution in [0.5, 0.6) is 11.5 Å². The maximum absolute atomic E-state index is 12.4. The summed E-state index contributed by atoms with van der Waals surface area (Å²) in [5, 5.41) is 9.37. The molecule has 8 nitrogen and oxygen atoms in total. The van der Waals surface area contributed by atoms with Gasteiger partial charge < -0.3 is 14.8 Å². The highest BCUT2D eigenvalue weighted by molar-refractivity contribution is 8.00. The topological polar surface area (TPSA) is 91.2 Å². The zero-order chi connectivity index (χ0) is 20.5. The van der Waals surface area contributed by atoms with Crippen LogP contribution >= 0.6 is 23.4 Å². The summed E-state index contributed by atoms with van der Waals surface area (Å²) < 4.78 is 12.3. The van der Waals surface area contributed by atoms with E-state index < -0.39 is 0 Å². The highest BCUT2D eigenvalue weighted by Crippen LogP contribution is 2.34. The van der Waals surface area contributed by atoms with Crippen LogP contribution < -0.4 is 14.8 Å². The number of nitrogens with zero attached hydrogens (tertiary/aromatic N) is 4. The van der Waals surface area contributed by atoms with Gasteiger partial charge in [0.15, 0.2) is 17.1 Å². The van der Waals surface area contributed by atoms with Gasteiger partial charge in [-0.2, -0.15) is 5.10 Å². The van der Waals surface area contributed by atoms with Crippen LogP contribution in [0, 0.1) is 0 Å². The molecule has 30 heavy (non-hydrogen) atoms. The van der Waals surface area contributed by atoms with Gasteiger partial charge in [0.05, 0.1) is 23.0 Å². The highest BCUT2D eigenvalue weighted by atomic mass is 35.5. The van der Waals surface area contributed by atoms with Crippen LogP contribution in [0.15, 0.2) is 60.0 Å². The zero-order valence-corrected chi connectivity index (χ0v) is 17.0. The summed E-state index contributed by atoms with van der Waals surface area (Å²) in [7, 11) is 0. The van der Waals surface area contributed by atoms with Crippen molar-refractivity contribution < 1.29 is 14.3 Å². The summed E-state index contributed by atoms with van der Waals surface area (Å²) in [6, 6.07) is 12.6. The Morgan fingerprint density at radius 1 is 1.13 bits per heavy atom. The van der Waals surface area contributed by atoms with Crippen molar-refractivity contribution in [2.75, 3.05) is 17.9 Å². The lowest BCUT2D eigenvalue weighted by Crippen LogP contribution is -2.14. The van der Waals surface area contributed by atoms with E-state index >= 15 is 0 Å². The average molecular weight is 440 g/mol. The number of benzene rings is 2. The summed E-state index contributed by atoms with van der Waals surface area (Å²) in [5.74, 6) is 1.32. The number of rotatable bonds is 5. The van der Waals surface area contributed by atoms with Crippen LogP contribution in [-0.2, 0) is 4.79 Å². The van der Waals surface area contributed by atoms with E-state index in [1.165, 1.54) is 18.1 Å². The molecule has 0 bridgehead atoms. The second-order valence-corrected chi connectivity index (χ2v) is 7.75. The Morgan fingerprint density at radius 3 is 2.83 bits per heavy atom. The molecular weight excluding hydrogens is 426 g/mol. The Bertz CT molecular complexity index is 1250. The molecule has 3 heterocycles. The smallest absolute Gasteiger partial charge is 0.234 e. The molecule has 0 radical (unpaired) electrons. The van der Waals surface area contributed by atoms with Crippen molar-refractivity contribution in [3.05, 3.63) is 60.0 Å². The average Bonchev–Trinajstić information content (AvgIpc) is 3.39. The molecule has 0 saturated heterocycles. The minimum absolute atomic E-state index is 0.157. The molecule has 4 aromatic rings. The van der Waals surface area contributed by atoms with E-state index in [0.29, 0.717) is 32.9 Å². The summed E-state index contributed by atoms with van der Waals surface area (Å²) in [6.07, 6.45) is 3.16. The monoisotopic (exact) mass is 439 g/mol. The van der Waals surface area contributed by atoms with Crippen LogP contribution in [0.4, 0.5) is 5.69 Å². The number of hydrogen-bond donors (Lipinski definition) is 1. The van der Waals surface area contributed by atoms with Gasteiger partial charge in [-0.15, -0.1) is 0 Å². The number of thioether (sulfide) groups is 1. The van der Waals surface area contributed by atoms with Crippen molar-refractivity contribution in [2.45, 2.75) is 5.03 Å². The third-order valence-electron chi connectivity index (χ3n) is 4.40. The number of amides is 1. The van der Waals surface area contributed by atoms with Crippen LogP contribution in [0.1, 0.15) is 0 Å². The number of carbonyl (C=O) groups excluding carboxylic acids is 1. The standard InChI is InChI=1S/C20H14ClN5O3S/c21-12-1-4-14(5-2-12)26-19-15(8-24-26)20(23-10-22-19)30-9-18(27)25-13-3-6-16-17(7-13)29-11-28-16/h1-8,10H,9,11H2,(H,25,27). The van der Waals surface area contributed by atoms with E-state index in [0.717, 1.165) is 11.1 Å². The van der Waals surface area contributed by atoms with E-state index in [1.54, 1.807) is 41.2 Å². The van der Waals surface area contributed by atoms with Crippen molar-refractivity contribution >= 4 is 46.0 Å². The number of halogens is 1. The molecule has 1 amide bonds. The lowest BCUT2D eigenvalue weighted by molar-refractivity contribution is -0.113. The fourth-order valence-electron chi connectivity index (χ4n) is 3.01. The summed E-state index contributed by atoms with van der Waals surface area (Å²) in [5.41, 5.74) is 2.14. The first-order chi connectivity index (χ1) is 14.7. The van der Waals surface area contributed by atoms with Crippen LogP contribution in [0.3, 0.4) is 0 Å². The predicted octanol–water partition coefficient (Wildman–Crippen LogP) is 3.93. The Hall–Kier alpha value is -3.30. The molecule has 5 rings (SSSR count). The molecule has 1 aliphatic rings. The van der Waals surface area contributed by atoms with Gasteiger partial charge in [0.2, 0.25) is 12.7 Å². The zero-order valence-electron chi connectivity index (χ0n) is 15.4. The minimum atomic E-state index is -0.157. The van der Waals surface area contributed by atoms with Crippen LogP contribution in [0.2, 0.25) is 5.02 Å². The van der Waals surface area contributed by atoms with Gasteiger partial charge in [0.25, 0.3) is 0 Å². The number of hydrogen-bond acceptors (Lipinski definition) is 7. The van der Waals surface area contributed by atoms with Gasteiger partial charge in [-0.25, -0.2) is 14.6 Å². The largest absolute Gasteiger partial charge is 0.454 e. The molecule has 2 aromatic heterocycles. The first-order valence-corrected chi connectivity index (χ1v) is 10.3. The molecule has 10 heteroatoms.